The molecule has 2 aromatic rings. The van der Waals surface area contributed by atoms with Gasteiger partial charge < -0.3 is 10.4 Å². The van der Waals surface area contributed by atoms with Crippen LogP contribution in [0.4, 0.5) is 16.2 Å². The van der Waals surface area contributed by atoms with Gasteiger partial charge in [0.1, 0.15) is 12.3 Å². The molecule has 2 N–H and O–H groups in total. The predicted molar refractivity (Wildman–Crippen MR) is 103 cm³/mol. The van der Waals surface area contributed by atoms with Crippen molar-refractivity contribution >= 4 is 46.3 Å². The van der Waals surface area contributed by atoms with Gasteiger partial charge in [-0.1, -0.05) is 18.2 Å². The molecule has 0 atom stereocenters. The van der Waals surface area contributed by atoms with Crippen LogP contribution in [0.1, 0.15) is 5.56 Å². The number of aromatic hydroxyl groups is 1. The molecule has 0 aromatic heterocycles. The van der Waals surface area contributed by atoms with Gasteiger partial charge in [-0.15, -0.1) is 0 Å². The van der Waals surface area contributed by atoms with Gasteiger partial charge in [-0.05, 0) is 36.0 Å². The fraction of sp³-hybridized carbons (Fsp3) is 0.0556. The molecule has 1 fully saturated rings. The quantitative estimate of drug-likeness (QED) is 0.449. The summed E-state index contributed by atoms with van der Waals surface area (Å²) in [7, 11) is 0. The minimum absolute atomic E-state index is 0.0217. The van der Waals surface area contributed by atoms with E-state index >= 15 is 0 Å². The van der Waals surface area contributed by atoms with E-state index in [1.165, 1.54) is 6.08 Å². The van der Waals surface area contributed by atoms with Crippen LogP contribution in [0.3, 0.4) is 0 Å². The number of thioether (sulfide) groups is 1. The van der Waals surface area contributed by atoms with Crippen molar-refractivity contribution in [2.24, 2.45) is 0 Å². The van der Waals surface area contributed by atoms with Crippen molar-refractivity contribution < 1.29 is 24.4 Å². The van der Waals surface area contributed by atoms with E-state index in [1.54, 1.807) is 30.3 Å². The Kier molecular flexibility index (Phi) is 5.41. The molecule has 142 valence electrons. The molecule has 1 heterocycles. The second-order valence-corrected chi connectivity index (χ2v) is 6.68. The molecule has 0 aliphatic carbocycles. The lowest BCUT2D eigenvalue weighted by atomic mass is 10.1. The first-order valence-electron chi connectivity index (χ1n) is 7.93. The van der Waals surface area contributed by atoms with Gasteiger partial charge >= 0.3 is 0 Å². The molecule has 1 aliphatic heterocycles. The summed E-state index contributed by atoms with van der Waals surface area (Å²) in [6, 6.07) is 11.9. The summed E-state index contributed by atoms with van der Waals surface area (Å²) < 4.78 is 0. The standard InChI is InChI=1S/C18H13N3O6S/c22-14-7-6-13(21(26)27)8-11(14)9-15-17(24)20(18(25)28-15)10-16(23)19-12-4-2-1-3-5-12/h1-9,22H,10H2,(H,19,23)/b15-9-. The average molecular weight is 399 g/mol. The molecule has 1 saturated heterocycles. The Morgan fingerprint density at radius 1 is 1.21 bits per heavy atom. The number of nitrogens with one attached hydrogen (secondary N) is 1. The van der Waals surface area contributed by atoms with Crippen molar-refractivity contribution in [2.75, 3.05) is 11.9 Å². The molecule has 9 nitrogen and oxygen atoms in total. The van der Waals surface area contributed by atoms with Gasteiger partial charge in [-0.2, -0.15) is 0 Å². The van der Waals surface area contributed by atoms with Gasteiger partial charge in [0.05, 0.1) is 9.83 Å². The number of imide groups is 1. The molecule has 2 aromatic carbocycles. The molecule has 0 unspecified atom stereocenters. The Morgan fingerprint density at radius 3 is 2.61 bits per heavy atom. The number of phenolic OH excluding ortho intramolecular Hbond substituents is 1. The van der Waals surface area contributed by atoms with Crippen LogP contribution in [0.2, 0.25) is 0 Å². The number of amides is 3. The number of nitrogens with zero attached hydrogens (tertiary/aromatic N) is 2. The molecule has 3 rings (SSSR count). The Balaban J connectivity index is 1.76. The van der Waals surface area contributed by atoms with Gasteiger partial charge in [0.2, 0.25) is 5.91 Å². The number of non-ortho nitro benzene ring substituents is 1. The van der Waals surface area contributed by atoms with E-state index in [1.807, 2.05) is 0 Å². The van der Waals surface area contributed by atoms with E-state index in [0.29, 0.717) is 17.4 Å². The second kappa shape index (κ2) is 7.92. The van der Waals surface area contributed by atoms with Crippen LogP contribution in [0.25, 0.3) is 6.08 Å². The lowest BCUT2D eigenvalue weighted by molar-refractivity contribution is -0.384. The largest absolute Gasteiger partial charge is 0.507 e. The normalized spacial score (nSPS) is 15.1. The molecule has 3 amide bonds. The lowest BCUT2D eigenvalue weighted by Gasteiger charge is -2.12. The topological polar surface area (TPSA) is 130 Å². The van der Waals surface area contributed by atoms with Crippen molar-refractivity contribution in [1.82, 2.24) is 4.90 Å². The number of phenols is 1. The van der Waals surface area contributed by atoms with Gasteiger partial charge in [0.25, 0.3) is 16.8 Å². The molecule has 0 radical (unpaired) electrons. The third-order valence-corrected chi connectivity index (χ3v) is 4.65. The third kappa shape index (κ3) is 4.18. The van der Waals surface area contributed by atoms with Crippen molar-refractivity contribution in [3.8, 4) is 5.75 Å². The van der Waals surface area contributed by atoms with E-state index in [-0.39, 0.29) is 21.9 Å². The van der Waals surface area contributed by atoms with E-state index in [4.69, 9.17) is 0 Å². The summed E-state index contributed by atoms with van der Waals surface area (Å²) in [6.07, 6.45) is 1.18. The molecule has 1 aliphatic rings. The zero-order valence-electron chi connectivity index (χ0n) is 14.2. The van der Waals surface area contributed by atoms with Crippen LogP contribution in [-0.4, -0.2) is 38.5 Å². The van der Waals surface area contributed by atoms with Gasteiger partial charge in [0.15, 0.2) is 0 Å². The zero-order chi connectivity index (χ0) is 20.3. The predicted octanol–water partition coefficient (Wildman–Crippen LogP) is 2.98. The number of rotatable bonds is 5. The number of hydrogen-bond donors (Lipinski definition) is 2. The minimum atomic E-state index is -0.718. The van der Waals surface area contributed by atoms with Crippen molar-refractivity contribution in [2.45, 2.75) is 0 Å². The second-order valence-electron chi connectivity index (χ2n) is 5.68. The van der Waals surface area contributed by atoms with Crippen LogP contribution >= 0.6 is 11.8 Å². The molecular formula is C18H13N3O6S. The van der Waals surface area contributed by atoms with E-state index in [0.717, 1.165) is 23.1 Å². The van der Waals surface area contributed by atoms with Crippen LogP contribution in [0.5, 0.6) is 5.75 Å². The van der Waals surface area contributed by atoms with Crippen LogP contribution < -0.4 is 5.32 Å². The summed E-state index contributed by atoms with van der Waals surface area (Å²) in [5.41, 5.74) is 0.274. The average Bonchev–Trinajstić information content (AvgIpc) is 2.91. The first-order chi connectivity index (χ1) is 13.3. The maximum Gasteiger partial charge on any atom is 0.294 e. The van der Waals surface area contributed by atoms with E-state index in [2.05, 4.69) is 5.32 Å². The highest BCUT2D eigenvalue weighted by Gasteiger charge is 2.36. The molecule has 0 spiro atoms. The zero-order valence-corrected chi connectivity index (χ0v) is 15.0. The van der Waals surface area contributed by atoms with Crippen molar-refractivity contribution in [3.05, 3.63) is 69.1 Å². The highest BCUT2D eigenvalue weighted by molar-refractivity contribution is 8.18. The van der Waals surface area contributed by atoms with Crippen LogP contribution in [0, 0.1) is 10.1 Å². The minimum Gasteiger partial charge on any atom is -0.507 e. The van der Waals surface area contributed by atoms with Gasteiger partial charge in [-0.3, -0.25) is 29.4 Å². The number of benzene rings is 2. The Bertz CT molecular complexity index is 1010. The highest BCUT2D eigenvalue weighted by Crippen LogP contribution is 2.34. The smallest absolute Gasteiger partial charge is 0.294 e. The third-order valence-electron chi connectivity index (χ3n) is 3.74. The summed E-state index contributed by atoms with van der Waals surface area (Å²) in [6.45, 7) is -0.474. The summed E-state index contributed by atoms with van der Waals surface area (Å²) in [5, 5.41) is 22.6. The Labute approximate surface area is 162 Å². The first kappa shape index (κ1) is 19.1. The summed E-state index contributed by atoms with van der Waals surface area (Å²) >= 11 is 0.585. The monoisotopic (exact) mass is 399 g/mol. The number of para-hydroxylation sites is 1. The van der Waals surface area contributed by atoms with Gasteiger partial charge in [0, 0.05) is 23.4 Å². The summed E-state index contributed by atoms with van der Waals surface area (Å²) in [4.78, 5) is 47.6. The van der Waals surface area contributed by atoms with Crippen LogP contribution in [-0.2, 0) is 9.59 Å². The molecular weight excluding hydrogens is 386 g/mol. The number of nitro groups is 1. The van der Waals surface area contributed by atoms with Crippen LogP contribution in [0.15, 0.2) is 53.4 Å². The maximum absolute atomic E-state index is 12.5. The van der Waals surface area contributed by atoms with E-state index in [9.17, 15) is 29.6 Å². The molecule has 28 heavy (non-hydrogen) atoms. The fourth-order valence-corrected chi connectivity index (χ4v) is 3.24. The molecule has 0 saturated carbocycles. The SMILES string of the molecule is O=C(CN1C(=O)S/C(=C\c2cc([N+](=O)[O-])ccc2O)C1=O)Nc1ccccc1. The summed E-state index contributed by atoms with van der Waals surface area (Å²) in [5.74, 6) is -1.55. The number of anilines is 1. The maximum atomic E-state index is 12.5. The number of carbonyl (C=O) groups is 3. The molecule has 10 heteroatoms. The number of carbonyl (C=O) groups excluding carboxylic acids is 3. The Morgan fingerprint density at radius 2 is 1.93 bits per heavy atom. The molecule has 0 bridgehead atoms. The number of nitro benzene ring substituents is 1. The van der Waals surface area contributed by atoms with E-state index < -0.39 is 28.5 Å². The lowest BCUT2D eigenvalue weighted by Crippen LogP contribution is -2.36. The van der Waals surface area contributed by atoms with Crippen molar-refractivity contribution in [3.63, 3.8) is 0 Å². The fourth-order valence-electron chi connectivity index (χ4n) is 2.41. The Hall–Kier alpha value is -3.66. The highest BCUT2D eigenvalue weighted by atomic mass is 32.2. The van der Waals surface area contributed by atoms with Crippen molar-refractivity contribution in [1.29, 1.82) is 0 Å². The first-order valence-corrected chi connectivity index (χ1v) is 8.74. The number of hydrogen-bond acceptors (Lipinski definition) is 7. The van der Waals surface area contributed by atoms with Gasteiger partial charge in [-0.25, -0.2) is 0 Å².